The molecule has 0 fully saturated rings. The SMILES string of the molecule is C[N+](C)(C)CCCCCCCCC(=O)/C=N\O. The standard InChI is InChI=1S/C13H26N2O2/c1-15(2,3)11-9-7-5-4-6-8-10-13(16)12-14-17/h12H,4-11H2,1-3H3/p+1. The van der Waals surface area contributed by atoms with Gasteiger partial charge in [-0.15, -0.1) is 0 Å². The Morgan fingerprint density at radius 1 is 1.06 bits per heavy atom. The molecule has 0 unspecified atom stereocenters. The van der Waals surface area contributed by atoms with E-state index in [-0.39, 0.29) is 5.78 Å². The van der Waals surface area contributed by atoms with Crippen molar-refractivity contribution in [2.75, 3.05) is 27.7 Å². The topological polar surface area (TPSA) is 49.7 Å². The maximum Gasteiger partial charge on any atom is 0.177 e. The molecule has 0 saturated heterocycles. The first kappa shape index (κ1) is 16.1. The first-order chi connectivity index (χ1) is 7.95. The van der Waals surface area contributed by atoms with Crippen LogP contribution in [0, 0.1) is 0 Å². The fourth-order valence-corrected chi connectivity index (χ4v) is 1.72. The average molecular weight is 243 g/mol. The predicted molar refractivity (Wildman–Crippen MR) is 70.5 cm³/mol. The van der Waals surface area contributed by atoms with Crippen LogP contribution in [0.25, 0.3) is 0 Å². The second-order valence-corrected chi connectivity index (χ2v) is 5.60. The molecule has 0 radical (unpaired) electrons. The number of ketones is 1. The molecule has 0 aromatic heterocycles. The maximum absolute atomic E-state index is 11.0. The molecular weight excluding hydrogens is 216 g/mol. The van der Waals surface area contributed by atoms with Crippen molar-refractivity contribution in [2.24, 2.45) is 5.16 Å². The van der Waals surface area contributed by atoms with Crippen LogP contribution in [0.15, 0.2) is 5.16 Å². The van der Waals surface area contributed by atoms with E-state index >= 15 is 0 Å². The molecule has 0 aliphatic rings. The molecule has 0 aromatic rings. The van der Waals surface area contributed by atoms with Crippen LogP contribution >= 0.6 is 0 Å². The minimum absolute atomic E-state index is 0.0856. The van der Waals surface area contributed by atoms with Crippen LogP contribution in [0.1, 0.15) is 44.9 Å². The molecule has 0 atom stereocenters. The lowest BCUT2D eigenvalue weighted by Gasteiger charge is -2.23. The van der Waals surface area contributed by atoms with Gasteiger partial charge in [-0.1, -0.05) is 24.4 Å². The summed E-state index contributed by atoms with van der Waals surface area (Å²) >= 11 is 0. The van der Waals surface area contributed by atoms with Crippen molar-refractivity contribution in [2.45, 2.75) is 44.9 Å². The molecule has 0 rings (SSSR count). The van der Waals surface area contributed by atoms with Crippen LogP contribution in [-0.4, -0.2) is 49.4 Å². The molecule has 0 saturated carbocycles. The number of hydrogen-bond donors (Lipinski definition) is 1. The lowest BCUT2D eigenvalue weighted by Crippen LogP contribution is -2.35. The summed E-state index contributed by atoms with van der Waals surface area (Å²) in [6.07, 6.45) is 8.49. The molecule has 4 nitrogen and oxygen atoms in total. The lowest BCUT2D eigenvalue weighted by atomic mass is 10.1. The second kappa shape index (κ2) is 9.16. The number of Topliss-reactive ketones (excluding diaryl/α,β-unsaturated/α-hetero) is 1. The molecule has 0 aromatic carbocycles. The zero-order chi connectivity index (χ0) is 13.1. The van der Waals surface area contributed by atoms with Gasteiger partial charge in [0.25, 0.3) is 0 Å². The number of quaternary nitrogens is 1. The Labute approximate surface area is 105 Å². The van der Waals surface area contributed by atoms with Crippen LogP contribution in [-0.2, 0) is 4.79 Å². The number of nitrogens with zero attached hydrogens (tertiary/aromatic N) is 2. The minimum atomic E-state index is -0.0856. The zero-order valence-electron chi connectivity index (χ0n) is 11.5. The molecule has 0 heterocycles. The van der Waals surface area contributed by atoms with Crippen molar-refractivity contribution < 1.29 is 14.5 Å². The summed E-state index contributed by atoms with van der Waals surface area (Å²) in [6.45, 7) is 1.23. The normalized spacial score (nSPS) is 12.2. The molecule has 100 valence electrons. The molecule has 0 aliphatic carbocycles. The van der Waals surface area contributed by atoms with Gasteiger partial charge in [-0.05, 0) is 19.3 Å². The number of hydrogen-bond acceptors (Lipinski definition) is 3. The summed E-state index contributed by atoms with van der Waals surface area (Å²) in [5.74, 6) is -0.0856. The van der Waals surface area contributed by atoms with Crippen LogP contribution in [0.4, 0.5) is 0 Å². The van der Waals surface area contributed by atoms with E-state index in [2.05, 4.69) is 26.3 Å². The highest BCUT2D eigenvalue weighted by atomic mass is 16.4. The summed E-state index contributed by atoms with van der Waals surface area (Å²) in [7, 11) is 6.65. The highest BCUT2D eigenvalue weighted by Crippen LogP contribution is 2.08. The van der Waals surface area contributed by atoms with Crippen molar-refractivity contribution in [1.82, 2.24) is 0 Å². The van der Waals surface area contributed by atoms with E-state index < -0.39 is 0 Å². The fourth-order valence-electron chi connectivity index (χ4n) is 1.72. The molecule has 0 bridgehead atoms. The second-order valence-electron chi connectivity index (χ2n) is 5.60. The van der Waals surface area contributed by atoms with E-state index in [1.165, 1.54) is 32.2 Å². The Bertz CT molecular complexity index is 232. The third kappa shape index (κ3) is 13.0. The first-order valence-corrected chi connectivity index (χ1v) is 6.46. The van der Waals surface area contributed by atoms with Gasteiger partial charge in [-0.2, -0.15) is 0 Å². The third-order valence-corrected chi connectivity index (χ3v) is 2.70. The van der Waals surface area contributed by atoms with Crippen LogP contribution in [0.3, 0.4) is 0 Å². The Hall–Kier alpha value is -0.900. The minimum Gasteiger partial charge on any atom is -0.411 e. The summed E-state index contributed by atoms with van der Waals surface area (Å²) in [4.78, 5) is 11.0. The van der Waals surface area contributed by atoms with E-state index in [1.54, 1.807) is 0 Å². The third-order valence-electron chi connectivity index (χ3n) is 2.70. The predicted octanol–water partition coefficient (Wildman–Crippen LogP) is 2.45. The van der Waals surface area contributed by atoms with Crippen molar-refractivity contribution in [3.05, 3.63) is 0 Å². The summed E-state index contributed by atoms with van der Waals surface area (Å²) in [6, 6.07) is 0. The molecule has 1 N–H and O–H groups in total. The highest BCUT2D eigenvalue weighted by molar-refractivity contribution is 6.27. The van der Waals surface area contributed by atoms with Gasteiger partial charge < -0.3 is 9.69 Å². The van der Waals surface area contributed by atoms with E-state index in [9.17, 15) is 4.79 Å². The molecule has 0 aliphatic heterocycles. The van der Waals surface area contributed by atoms with Crippen molar-refractivity contribution >= 4 is 12.0 Å². The molecular formula is C13H27N2O2+. The number of carbonyl (C=O) groups is 1. The quantitative estimate of drug-likeness (QED) is 0.211. The lowest BCUT2D eigenvalue weighted by molar-refractivity contribution is -0.870. The highest BCUT2D eigenvalue weighted by Gasteiger charge is 2.05. The molecule has 0 spiro atoms. The van der Waals surface area contributed by atoms with Crippen molar-refractivity contribution in [1.29, 1.82) is 0 Å². The smallest absolute Gasteiger partial charge is 0.177 e. The average Bonchev–Trinajstić information content (AvgIpc) is 2.21. The van der Waals surface area contributed by atoms with Gasteiger partial charge >= 0.3 is 0 Å². The largest absolute Gasteiger partial charge is 0.411 e. The van der Waals surface area contributed by atoms with E-state index in [0.29, 0.717) is 6.42 Å². The van der Waals surface area contributed by atoms with Crippen molar-refractivity contribution in [3.63, 3.8) is 0 Å². The monoisotopic (exact) mass is 243 g/mol. The zero-order valence-corrected chi connectivity index (χ0v) is 11.5. The van der Waals surface area contributed by atoms with E-state index in [0.717, 1.165) is 23.5 Å². The molecule has 4 heteroatoms. The van der Waals surface area contributed by atoms with Gasteiger partial charge in [0.2, 0.25) is 0 Å². The summed E-state index contributed by atoms with van der Waals surface area (Å²) in [5, 5.41) is 10.9. The van der Waals surface area contributed by atoms with Crippen LogP contribution in [0.2, 0.25) is 0 Å². The molecule has 17 heavy (non-hydrogen) atoms. The molecule has 0 amide bonds. The van der Waals surface area contributed by atoms with Gasteiger partial charge in [0.1, 0.15) is 6.21 Å². The fraction of sp³-hybridized carbons (Fsp3) is 0.846. The maximum atomic E-state index is 11.0. The van der Waals surface area contributed by atoms with Gasteiger partial charge in [0.15, 0.2) is 5.78 Å². The van der Waals surface area contributed by atoms with Crippen molar-refractivity contribution in [3.8, 4) is 0 Å². The number of oxime groups is 1. The van der Waals surface area contributed by atoms with E-state index in [1.807, 2.05) is 0 Å². The van der Waals surface area contributed by atoms with Gasteiger partial charge in [-0.3, -0.25) is 4.79 Å². The number of unbranched alkanes of at least 4 members (excludes halogenated alkanes) is 5. The van der Waals surface area contributed by atoms with Crippen LogP contribution in [0.5, 0.6) is 0 Å². The Balaban J connectivity index is 3.22. The number of rotatable bonds is 10. The number of carbonyl (C=O) groups excluding carboxylic acids is 1. The van der Waals surface area contributed by atoms with Crippen LogP contribution < -0.4 is 0 Å². The summed E-state index contributed by atoms with van der Waals surface area (Å²) in [5.41, 5.74) is 0. The van der Waals surface area contributed by atoms with E-state index in [4.69, 9.17) is 5.21 Å². The Morgan fingerprint density at radius 3 is 2.12 bits per heavy atom. The Kier molecular flexibility index (Phi) is 8.68. The summed E-state index contributed by atoms with van der Waals surface area (Å²) < 4.78 is 1.04. The van der Waals surface area contributed by atoms with Gasteiger partial charge in [0.05, 0.1) is 27.7 Å². The van der Waals surface area contributed by atoms with Gasteiger partial charge in [0, 0.05) is 6.42 Å². The first-order valence-electron chi connectivity index (χ1n) is 6.46. The Morgan fingerprint density at radius 2 is 1.59 bits per heavy atom. The van der Waals surface area contributed by atoms with Gasteiger partial charge in [-0.25, -0.2) is 0 Å².